The molecule has 3 N–H and O–H groups in total. The highest BCUT2D eigenvalue weighted by molar-refractivity contribution is 5.18. The van der Waals surface area contributed by atoms with E-state index in [9.17, 15) is 5.11 Å². The Morgan fingerprint density at radius 3 is 2.43 bits per heavy atom. The zero-order chi connectivity index (χ0) is 10.4. The van der Waals surface area contributed by atoms with Crippen molar-refractivity contribution in [1.82, 2.24) is 0 Å². The number of aliphatic hydroxyl groups is 1. The summed E-state index contributed by atoms with van der Waals surface area (Å²) < 4.78 is 0. The van der Waals surface area contributed by atoms with Crippen molar-refractivity contribution in [2.24, 2.45) is 11.7 Å². The van der Waals surface area contributed by atoms with Crippen LogP contribution in [0.3, 0.4) is 0 Å². The van der Waals surface area contributed by atoms with Gasteiger partial charge in [0.1, 0.15) is 0 Å². The van der Waals surface area contributed by atoms with Gasteiger partial charge in [0.05, 0.1) is 6.10 Å². The Morgan fingerprint density at radius 1 is 1.29 bits per heavy atom. The first-order valence-corrected chi connectivity index (χ1v) is 5.22. The zero-order valence-corrected chi connectivity index (χ0v) is 8.69. The Morgan fingerprint density at radius 2 is 1.93 bits per heavy atom. The molecule has 1 aromatic rings. The van der Waals surface area contributed by atoms with Gasteiger partial charge in [-0.15, -0.1) is 0 Å². The smallest absolute Gasteiger partial charge is 0.0830 e. The third-order valence-corrected chi connectivity index (χ3v) is 2.55. The van der Waals surface area contributed by atoms with Crippen LogP contribution in [0.4, 0.5) is 0 Å². The third-order valence-electron chi connectivity index (χ3n) is 2.55. The van der Waals surface area contributed by atoms with E-state index in [1.54, 1.807) is 0 Å². The summed E-state index contributed by atoms with van der Waals surface area (Å²) in [6.45, 7) is 2.66. The summed E-state index contributed by atoms with van der Waals surface area (Å²) >= 11 is 0. The minimum absolute atomic E-state index is 0.183. The van der Waals surface area contributed by atoms with Crippen LogP contribution in [0.25, 0.3) is 0 Å². The largest absolute Gasteiger partial charge is 0.388 e. The van der Waals surface area contributed by atoms with E-state index in [4.69, 9.17) is 5.73 Å². The zero-order valence-electron chi connectivity index (χ0n) is 8.69. The predicted octanol–water partition coefficient (Wildman–Crippen LogP) is 2.09. The summed E-state index contributed by atoms with van der Waals surface area (Å²) in [4.78, 5) is 0. The lowest BCUT2D eigenvalue weighted by Crippen LogP contribution is -2.21. The molecule has 0 heterocycles. The molecule has 0 bridgehead atoms. The van der Waals surface area contributed by atoms with E-state index in [0.717, 1.165) is 18.4 Å². The molecule has 0 unspecified atom stereocenters. The Bertz CT molecular complexity index is 248. The molecule has 2 nitrogen and oxygen atoms in total. The first-order chi connectivity index (χ1) is 6.79. The molecule has 0 radical (unpaired) electrons. The standard InChI is InChI=1S/C12H19NO/c1-2-6-11(9-13)12(14)10-7-4-3-5-8-10/h3-5,7-8,11-12,14H,2,6,9,13H2,1H3/t11-,12+/m0/s1. The highest BCUT2D eigenvalue weighted by Gasteiger charge is 2.17. The summed E-state index contributed by atoms with van der Waals surface area (Å²) in [5.74, 6) is 0.183. The fourth-order valence-corrected chi connectivity index (χ4v) is 1.70. The van der Waals surface area contributed by atoms with Gasteiger partial charge in [-0.2, -0.15) is 0 Å². The highest BCUT2D eigenvalue weighted by Crippen LogP contribution is 2.24. The minimum atomic E-state index is -0.416. The molecule has 78 valence electrons. The molecule has 0 aliphatic rings. The van der Waals surface area contributed by atoms with E-state index >= 15 is 0 Å². The molecule has 14 heavy (non-hydrogen) atoms. The Labute approximate surface area is 85.8 Å². The predicted molar refractivity (Wildman–Crippen MR) is 58.9 cm³/mol. The lowest BCUT2D eigenvalue weighted by molar-refractivity contribution is 0.107. The van der Waals surface area contributed by atoms with Crippen molar-refractivity contribution in [3.8, 4) is 0 Å². The summed E-state index contributed by atoms with van der Waals surface area (Å²) in [5.41, 5.74) is 6.61. The second kappa shape index (κ2) is 5.78. The van der Waals surface area contributed by atoms with Crippen LogP contribution in [0, 0.1) is 5.92 Å². The van der Waals surface area contributed by atoms with Gasteiger partial charge in [-0.3, -0.25) is 0 Å². The SMILES string of the molecule is CCC[C@@H](CN)[C@H](O)c1ccccc1. The van der Waals surface area contributed by atoms with E-state index in [2.05, 4.69) is 6.92 Å². The van der Waals surface area contributed by atoms with Gasteiger partial charge >= 0.3 is 0 Å². The van der Waals surface area contributed by atoms with Gasteiger partial charge in [-0.05, 0) is 18.5 Å². The first-order valence-electron chi connectivity index (χ1n) is 5.22. The molecular weight excluding hydrogens is 174 g/mol. The Balaban J connectivity index is 2.67. The molecule has 0 amide bonds. The normalized spacial score (nSPS) is 15.1. The van der Waals surface area contributed by atoms with Crippen LogP contribution in [0.15, 0.2) is 30.3 Å². The minimum Gasteiger partial charge on any atom is -0.388 e. The fourth-order valence-electron chi connectivity index (χ4n) is 1.70. The summed E-state index contributed by atoms with van der Waals surface area (Å²) in [6, 6.07) is 9.73. The molecule has 0 saturated carbocycles. The Kier molecular flexibility index (Phi) is 4.63. The van der Waals surface area contributed by atoms with Gasteiger partial charge in [0.15, 0.2) is 0 Å². The quantitative estimate of drug-likeness (QED) is 0.752. The molecule has 0 aromatic heterocycles. The topological polar surface area (TPSA) is 46.2 Å². The molecule has 0 saturated heterocycles. The summed E-state index contributed by atoms with van der Waals surface area (Å²) in [7, 11) is 0. The van der Waals surface area contributed by atoms with Crippen molar-refractivity contribution in [2.75, 3.05) is 6.54 Å². The second-order valence-corrected chi connectivity index (χ2v) is 3.64. The van der Waals surface area contributed by atoms with Crippen LogP contribution >= 0.6 is 0 Å². The second-order valence-electron chi connectivity index (χ2n) is 3.64. The van der Waals surface area contributed by atoms with Gasteiger partial charge < -0.3 is 10.8 Å². The van der Waals surface area contributed by atoms with Crippen molar-refractivity contribution in [2.45, 2.75) is 25.9 Å². The molecule has 0 aliphatic carbocycles. The van der Waals surface area contributed by atoms with Crippen LogP contribution in [0.1, 0.15) is 31.4 Å². The molecular formula is C12H19NO. The fraction of sp³-hybridized carbons (Fsp3) is 0.500. The van der Waals surface area contributed by atoms with Crippen molar-refractivity contribution < 1.29 is 5.11 Å². The van der Waals surface area contributed by atoms with Crippen molar-refractivity contribution in [3.05, 3.63) is 35.9 Å². The number of nitrogens with two attached hydrogens (primary N) is 1. The lowest BCUT2D eigenvalue weighted by atomic mass is 9.92. The van der Waals surface area contributed by atoms with Gasteiger partial charge in [-0.1, -0.05) is 43.7 Å². The number of benzene rings is 1. The molecule has 1 aromatic carbocycles. The number of aliphatic hydroxyl groups excluding tert-OH is 1. The molecule has 0 fully saturated rings. The van der Waals surface area contributed by atoms with Gasteiger partial charge in [0, 0.05) is 5.92 Å². The number of rotatable bonds is 5. The van der Waals surface area contributed by atoms with Crippen LogP contribution in [0.2, 0.25) is 0 Å². The van der Waals surface area contributed by atoms with Crippen LogP contribution in [-0.4, -0.2) is 11.7 Å². The van der Waals surface area contributed by atoms with Crippen LogP contribution in [0.5, 0.6) is 0 Å². The highest BCUT2D eigenvalue weighted by atomic mass is 16.3. The summed E-state index contributed by atoms with van der Waals surface area (Å²) in [6.07, 6.45) is 1.62. The monoisotopic (exact) mass is 193 g/mol. The Hall–Kier alpha value is -0.860. The van der Waals surface area contributed by atoms with E-state index in [0.29, 0.717) is 6.54 Å². The van der Waals surface area contributed by atoms with E-state index < -0.39 is 6.10 Å². The molecule has 2 atom stereocenters. The van der Waals surface area contributed by atoms with E-state index in [-0.39, 0.29) is 5.92 Å². The third kappa shape index (κ3) is 2.82. The van der Waals surface area contributed by atoms with Gasteiger partial charge in [0.25, 0.3) is 0 Å². The van der Waals surface area contributed by atoms with E-state index in [1.807, 2.05) is 30.3 Å². The summed E-state index contributed by atoms with van der Waals surface area (Å²) in [5, 5.41) is 10.0. The lowest BCUT2D eigenvalue weighted by Gasteiger charge is -2.21. The average Bonchev–Trinajstić information content (AvgIpc) is 2.26. The molecule has 2 heteroatoms. The van der Waals surface area contributed by atoms with E-state index in [1.165, 1.54) is 0 Å². The first kappa shape index (κ1) is 11.2. The van der Waals surface area contributed by atoms with Crippen molar-refractivity contribution >= 4 is 0 Å². The van der Waals surface area contributed by atoms with Crippen molar-refractivity contribution in [1.29, 1.82) is 0 Å². The maximum atomic E-state index is 10.0. The van der Waals surface area contributed by atoms with Crippen LogP contribution < -0.4 is 5.73 Å². The van der Waals surface area contributed by atoms with Crippen LogP contribution in [-0.2, 0) is 0 Å². The molecule has 0 spiro atoms. The maximum absolute atomic E-state index is 10.0. The maximum Gasteiger partial charge on any atom is 0.0830 e. The van der Waals surface area contributed by atoms with Crippen molar-refractivity contribution in [3.63, 3.8) is 0 Å². The number of hydrogen-bond acceptors (Lipinski definition) is 2. The van der Waals surface area contributed by atoms with Gasteiger partial charge in [0.2, 0.25) is 0 Å². The van der Waals surface area contributed by atoms with Gasteiger partial charge in [-0.25, -0.2) is 0 Å². The number of hydrogen-bond donors (Lipinski definition) is 2. The average molecular weight is 193 g/mol. The molecule has 1 rings (SSSR count). The molecule has 0 aliphatic heterocycles.